The summed E-state index contributed by atoms with van der Waals surface area (Å²) in [5.74, 6) is 0.0493. The molecule has 3 N–H and O–H groups in total. The summed E-state index contributed by atoms with van der Waals surface area (Å²) in [6.45, 7) is 1.70. The van der Waals surface area contributed by atoms with E-state index in [1.165, 1.54) is 7.11 Å². The molecule has 178 valence electrons. The van der Waals surface area contributed by atoms with Crippen LogP contribution in [0.4, 0.5) is 5.69 Å². The lowest BCUT2D eigenvalue weighted by Gasteiger charge is -2.20. The Hall–Kier alpha value is -2.16. The van der Waals surface area contributed by atoms with Crippen molar-refractivity contribution in [1.82, 2.24) is 10.6 Å². The predicted octanol–water partition coefficient (Wildman–Crippen LogP) is 3.37. The van der Waals surface area contributed by atoms with Gasteiger partial charge in [-0.25, -0.2) is 4.79 Å². The van der Waals surface area contributed by atoms with Gasteiger partial charge in [0.05, 0.1) is 7.11 Å². The molecule has 3 atom stereocenters. The van der Waals surface area contributed by atoms with Gasteiger partial charge in [-0.15, -0.1) is 0 Å². The number of anilines is 1. The lowest BCUT2D eigenvalue weighted by molar-refractivity contribution is -0.142. The first kappa shape index (κ1) is 25.5. The van der Waals surface area contributed by atoms with Gasteiger partial charge in [0.1, 0.15) is 6.04 Å². The molecular weight excluding hydrogens is 454 g/mol. The molecule has 1 saturated heterocycles. The second-order valence-corrected chi connectivity index (χ2v) is 9.81. The van der Waals surface area contributed by atoms with E-state index < -0.39 is 12.0 Å². The van der Waals surface area contributed by atoms with Crippen LogP contribution < -0.4 is 16.0 Å². The van der Waals surface area contributed by atoms with Crippen LogP contribution in [0.25, 0.3) is 0 Å². The highest BCUT2D eigenvalue weighted by atomic mass is 32.2. The van der Waals surface area contributed by atoms with Crippen molar-refractivity contribution in [1.29, 1.82) is 0 Å². The number of carbonyl (C=O) groups is 2. The first-order chi connectivity index (χ1) is 16.0. The molecule has 8 heteroatoms. The summed E-state index contributed by atoms with van der Waals surface area (Å²) in [6, 6.07) is 15.5. The Morgan fingerprint density at radius 2 is 2.03 bits per heavy atom. The molecule has 0 aromatic heterocycles. The Labute approximate surface area is 206 Å². The standard InChI is InChI=1S/C25H33N3O3S2/c1-31-25(30)21(11-13-33-2)28-24(29)20-15-19(27-16-22-23(32)10-12-26-22)9-8-18(20)14-17-6-4-3-5-7-17/h3-9,15,21-23,26-27,32H,10-14,16H2,1-2H3,(H,28,29)/t21-,22+,23-/m0/s1. The third-order valence-electron chi connectivity index (χ3n) is 5.83. The Morgan fingerprint density at radius 1 is 1.24 bits per heavy atom. The zero-order chi connectivity index (χ0) is 23.6. The minimum atomic E-state index is -0.677. The third-order valence-corrected chi connectivity index (χ3v) is 7.09. The van der Waals surface area contributed by atoms with Crippen LogP contribution in [-0.2, 0) is 16.0 Å². The number of thioether (sulfide) groups is 1. The van der Waals surface area contributed by atoms with Crippen LogP contribution in [0.15, 0.2) is 48.5 Å². The maximum Gasteiger partial charge on any atom is 0.328 e. The van der Waals surface area contributed by atoms with E-state index >= 15 is 0 Å². The van der Waals surface area contributed by atoms with Crippen molar-refractivity contribution in [3.05, 3.63) is 65.2 Å². The molecule has 1 fully saturated rings. The minimum Gasteiger partial charge on any atom is -0.467 e. The van der Waals surface area contributed by atoms with Gasteiger partial charge in [0.25, 0.3) is 5.91 Å². The molecule has 0 aliphatic carbocycles. The number of amides is 1. The van der Waals surface area contributed by atoms with Crippen LogP contribution in [0, 0.1) is 0 Å². The average Bonchev–Trinajstić information content (AvgIpc) is 3.25. The van der Waals surface area contributed by atoms with E-state index in [4.69, 9.17) is 4.74 Å². The van der Waals surface area contributed by atoms with Crippen molar-refractivity contribution in [3.8, 4) is 0 Å². The molecule has 0 spiro atoms. The van der Waals surface area contributed by atoms with Crippen molar-refractivity contribution in [2.45, 2.75) is 36.6 Å². The smallest absolute Gasteiger partial charge is 0.328 e. The second kappa shape index (κ2) is 12.9. The number of esters is 1. The number of rotatable bonds is 11. The molecule has 0 radical (unpaired) electrons. The fraction of sp³-hybridized carbons (Fsp3) is 0.440. The van der Waals surface area contributed by atoms with E-state index in [2.05, 4.69) is 28.6 Å². The highest BCUT2D eigenvalue weighted by molar-refractivity contribution is 7.98. The SMILES string of the molecule is COC(=O)[C@H](CCSC)NC(=O)c1cc(NC[C@H]2NCC[C@@H]2S)ccc1Cc1ccccc1. The molecule has 1 aliphatic rings. The Morgan fingerprint density at radius 3 is 2.70 bits per heavy atom. The normalized spacial score (nSPS) is 18.5. The van der Waals surface area contributed by atoms with Gasteiger partial charge in [-0.1, -0.05) is 36.4 Å². The van der Waals surface area contributed by atoms with Gasteiger partial charge in [0.15, 0.2) is 0 Å². The molecule has 0 saturated carbocycles. The van der Waals surface area contributed by atoms with Crippen LogP contribution in [0.5, 0.6) is 0 Å². The molecule has 1 heterocycles. The molecule has 0 unspecified atom stereocenters. The molecule has 6 nitrogen and oxygen atoms in total. The monoisotopic (exact) mass is 487 g/mol. The van der Waals surface area contributed by atoms with Gasteiger partial charge in [0, 0.05) is 29.1 Å². The highest BCUT2D eigenvalue weighted by Gasteiger charge is 2.25. The van der Waals surface area contributed by atoms with E-state index in [-0.39, 0.29) is 11.9 Å². The minimum absolute atomic E-state index is 0.271. The fourth-order valence-corrected chi connectivity index (χ4v) is 4.73. The molecule has 3 rings (SSSR count). The number of methoxy groups -OCH3 is 1. The van der Waals surface area contributed by atoms with Crippen LogP contribution >= 0.6 is 24.4 Å². The van der Waals surface area contributed by atoms with E-state index in [9.17, 15) is 9.59 Å². The molecule has 0 bridgehead atoms. The summed E-state index contributed by atoms with van der Waals surface area (Å²) in [5.41, 5.74) is 3.45. The van der Waals surface area contributed by atoms with Gasteiger partial charge < -0.3 is 20.7 Å². The van der Waals surface area contributed by atoms with Gasteiger partial charge >= 0.3 is 5.97 Å². The first-order valence-electron chi connectivity index (χ1n) is 11.2. The topological polar surface area (TPSA) is 79.5 Å². The summed E-state index contributed by atoms with van der Waals surface area (Å²) in [4.78, 5) is 25.6. The van der Waals surface area contributed by atoms with Crippen LogP contribution in [0.1, 0.15) is 34.3 Å². The van der Waals surface area contributed by atoms with Crippen molar-refractivity contribution >= 4 is 42.0 Å². The Balaban J connectivity index is 1.81. The van der Waals surface area contributed by atoms with E-state index in [1.54, 1.807) is 11.8 Å². The number of carbonyl (C=O) groups excluding carboxylic acids is 2. The van der Waals surface area contributed by atoms with Crippen LogP contribution in [-0.4, -0.2) is 61.4 Å². The van der Waals surface area contributed by atoms with Gasteiger partial charge in [-0.2, -0.15) is 24.4 Å². The second-order valence-electron chi connectivity index (χ2n) is 8.16. The first-order valence-corrected chi connectivity index (χ1v) is 13.1. The van der Waals surface area contributed by atoms with Crippen molar-refractivity contribution in [2.24, 2.45) is 0 Å². The largest absolute Gasteiger partial charge is 0.467 e. The number of benzene rings is 2. The third kappa shape index (κ3) is 7.42. The molecule has 1 amide bonds. The molecular formula is C25H33N3O3S2. The number of hydrogen-bond acceptors (Lipinski definition) is 7. The van der Waals surface area contributed by atoms with E-state index in [1.807, 2.05) is 54.8 Å². The van der Waals surface area contributed by atoms with Crippen LogP contribution in [0.2, 0.25) is 0 Å². The quantitative estimate of drug-likeness (QED) is 0.288. The summed E-state index contributed by atoms with van der Waals surface area (Å²) in [5, 5.41) is 10.1. The molecule has 33 heavy (non-hydrogen) atoms. The lowest BCUT2D eigenvalue weighted by atomic mass is 9.98. The number of hydrogen-bond donors (Lipinski definition) is 4. The predicted molar refractivity (Wildman–Crippen MR) is 140 cm³/mol. The van der Waals surface area contributed by atoms with E-state index in [0.717, 1.165) is 42.1 Å². The van der Waals surface area contributed by atoms with Gasteiger partial charge in [0.2, 0.25) is 0 Å². The fourth-order valence-electron chi connectivity index (χ4n) is 3.92. The lowest BCUT2D eigenvalue weighted by Crippen LogP contribution is -2.42. The summed E-state index contributed by atoms with van der Waals surface area (Å²) < 4.78 is 4.91. The molecule has 1 aliphatic heterocycles. The summed E-state index contributed by atoms with van der Waals surface area (Å²) >= 11 is 6.27. The average molecular weight is 488 g/mol. The number of ether oxygens (including phenoxy) is 1. The van der Waals surface area contributed by atoms with Gasteiger partial charge in [-0.3, -0.25) is 4.79 Å². The van der Waals surface area contributed by atoms with Gasteiger partial charge in [-0.05, 0) is 61.1 Å². The maximum atomic E-state index is 13.3. The molecule has 2 aromatic rings. The zero-order valence-electron chi connectivity index (χ0n) is 19.2. The Kier molecular flexibility index (Phi) is 9.96. The molecule has 2 aromatic carbocycles. The Bertz CT molecular complexity index is 926. The number of nitrogens with one attached hydrogen (secondary N) is 3. The maximum absolute atomic E-state index is 13.3. The highest BCUT2D eigenvalue weighted by Crippen LogP contribution is 2.21. The zero-order valence-corrected chi connectivity index (χ0v) is 20.9. The summed E-state index contributed by atoms with van der Waals surface area (Å²) in [6.07, 6.45) is 4.16. The van der Waals surface area contributed by atoms with Crippen molar-refractivity contribution in [3.63, 3.8) is 0 Å². The summed E-state index contributed by atoms with van der Waals surface area (Å²) in [7, 11) is 1.34. The van der Waals surface area contributed by atoms with Crippen molar-refractivity contribution in [2.75, 3.05) is 37.5 Å². The van der Waals surface area contributed by atoms with Crippen LogP contribution in [0.3, 0.4) is 0 Å². The van der Waals surface area contributed by atoms with Crippen molar-refractivity contribution < 1.29 is 14.3 Å². The van der Waals surface area contributed by atoms with E-state index in [0.29, 0.717) is 23.7 Å². The number of thiol groups is 1.